The maximum Gasteiger partial charge on any atom is 0.126 e. The Morgan fingerprint density at radius 1 is 1.18 bits per heavy atom. The van der Waals surface area contributed by atoms with Crippen LogP contribution in [-0.4, -0.2) is 0 Å². The highest BCUT2D eigenvalue weighted by Gasteiger charge is 2.16. The van der Waals surface area contributed by atoms with E-state index in [0.717, 1.165) is 23.5 Å². The Kier molecular flexibility index (Phi) is 3.58. The predicted molar refractivity (Wildman–Crippen MR) is 71.7 cm³/mol. The molecule has 0 aliphatic heterocycles. The zero-order valence-electron chi connectivity index (χ0n) is 10.5. The third-order valence-electron chi connectivity index (χ3n) is 2.99. The number of furan rings is 1. The average molecular weight is 249 g/mol. The lowest BCUT2D eigenvalue weighted by Crippen LogP contribution is -1.95. The number of hydrogen-bond donors (Lipinski definition) is 0. The summed E-state index contributed by atoms with van der Waals surface area (Å²) in [7, 11) is 0. The van der Waals surface area contributed by atoms with Gasteiger partial charge in [0.2, 0.25) is 0 Å². The summed E-state index contributed by atoms with van der Waals surface area (Å²) < 4.78 is 5.71. The molecule has 17 heavy (non-hydrogen) atoms. The minimum atomic E-state index is -0.199. The van der Waals surface area contributed by atoms with E-state index in [1.807, 2.05) is 12.1 Å². The van der Waals surface area contributed by atoms with Crippen molar-refractivity contribution in [1.29, 1.82) is 0 Å². The molecule has 0 spiro atoms. The fraction of sp³-hybridized carbons (Fsp3) is 0.333. The number of rotatable bonds is 3. The second-order valence-corrected chi connectivity index (χ2v) is 4.82. The number of alkyl halides is 1. The van der Waals surface area contributed by atoms with E-state index in [2.05, 4.69) is 39.0 Å². The maximum absolute atomic E-state index is 6.49. The highest BCUT2D eigenvalue weighted by Crippen LogP contribution is 2.32. The lowest BCUT2D eigenvalue weighted by Gasteiger charge is -2.11. The minimum Gasteiger partial charge on any atom is -0.464 e. The van der Waals surface area contributed by atoms with Crippen LogP contribution in [0.2, 0.25) is 0 Å². The normalized spacial score (nSPS) is 12.7. The molecule has 0 saturated carbocycles. The van der Waals surface area contributed by atoms with E-state index in [4.69, 9.17) is 16.0 Å². The Bertz CT molecular complexity index is 513. The second-order valence-electron chi connectivity index (χ2n) is 4.38. The van der Waals surface area contributed by atoms with Gasteiger partial charge in [-0.1, -0.05) is 30.7 Å². The molecule has 1 unspecified atom stereocenters. The summed E-state index contributed by atoms with van der Waals surface area (Å²) >= 11 is 6.49. The van der Waals surface area contributed by atoms with Crippen LogP contribution in [0.5, 0.6) is 0 Å². The molecule has 1 aromatic heterocycles. The van der Waals surface area contributed by atoms with Crippen LogP contribution in [0.15, 0.2) is 34.7 Å². The van der Waals surface area contributed by atoms with Gasteiger partial charge in [0.15, 0.2) is 0 Å². The Labute approximate surface area is 107 Å². The quantitative estimate of drug-likeness (QED) is 0.712. The Balaban J connectivity index is 2.35. The van der Waals surface area contributed by atoms with Gasteiger partial charge in [0.25, 0.3) is 0 Å². The van der Waals surface area contributed by atoms with E-state index in [1.54, 1.807) is 0 Å². The topological polar surface area (TPSA) is 13.1 Å². The van der Waals surface area contributed by atoms with E-state index < -0.39 is 0 Å². The van der Waals surface area contributed by atoms with E-state index >= 15 is 0 Å². The van der Waals surface area contributed by atoms with Crippen molar-refractivity contribution >= 4 is 11.6 Å². The van der Waals surface area contributed by atoms with Crippen LogP contribution in [0.1, 0.15) is 40.5 Å². The summed E-state index contributed by atoms with van der Waals surface area (Å²) in [5.41, 5.74) is 3.55. The molecular formula is C15H17ClO. The van der Waals surface area contributed by atoms with Gasteiger partial charge in [-0.15, -0.1) is 11.6 Å². The SMILES string of the molecule is CCc1ccc(C(Cl)c2cc(C)ccc2C)o1. The summed E-state index contributed by atoms with van der Waals surface area (Å²) in [6.45, 7) is 6.23. The molecule has 1 atom stereocenters. The number of hydrogen-bond acceptors (Lipinski definition) is 1. The molecule has 0 amide bonds. The van der Waals surface area contributed by atoms with Crippen LogP contribution in [0.3, 0.4) is 0 Å². The monoisotopic (exact) mass is 248 g/mol. The number of benzene rings is 1. The molecule has 0 fully saturated rings. The molecule has 0 radical (unpaired) electrons. The molecule has 1 nitrogen and oxygen atoms in total. The smallest absolute Gasteiger partial charge is 0.126 e. The molecule has 90 valence electrons. The fourth-order valence-electron chi connectivity index (χ4n) is 1.91. The highest BCUT2D eigenvalue weighted by molar-refractivity contribution is 6.22. The first-order chi connectivity index (χ1) is 8.11. The first-order valence-corrected chi connectivity index (χ1v) is 6.35. The van der Waals surface area contributed by atoms with Gasteiger partial charge < -0.3 is 4.42 Å². The molecule has 2 aromatic rings. The fourth-order valence-corrected chi connectivity index (χ4v) is 2.26. The van der Waals surface area contributed by atoms with Crippen LogP contribution in [0.25, 0.3) is 0 Å². The Morgan fingerprint density at radius 2 is 1.94 bits per heavy atom. The molecule has 2 rings (SSSR count). The first-order valence-electron chi connectivity index (χ1n) is 5.91. The molecular weight excluding hydrogens is 232 g/mol. The van der Waals surface area contributed by atoms with Crippen LogP contribution < -0.4 is 0 Å². The lowest BCUT2D eigenvalue weighted by molar-refractivity contribution is 0.474. The van der Waals surface area contributed by atoms with Crippen LogP contribution in [0.4, 0.5) is 0 Å². The van der Waals surface area contributed by atoms with Crippen molar-refractivity contribution < 1.29 is 4.42 Å². The molecule has 2 heteroatoms. The van der Waals surface area contributed by atoms with Gasteiger partial charge >= 0.3 is 0 Å². The van der Waals surface area contributed by atoms with E-state index in [-0.39, 0.29) is 5.38 Å². The predicted octanol–water partition coefficient (Wildman–Crippen LogP) is 4.79. The summed E-state index contributed by atoms with van der Waals surface area (Å²) in [4.78, 5) is 0. The average Bonchev–Trinajstić information content (AvgIpc) is 2.80. The number of aryl methyl sites for hydroxylation is 3. The van der Waals surface area contributed by atoms with E-state index in [1.165, 1.54) is 11.1 Å². The highest BCUT2D eigenvalue weighted by atomic mass is 35.5. The zero-order valence-corrected chi connectivity index (χ0v) is 11.2. The summed E-state index contributed by atoms with van der Waals surface area (Å²) in [6.07, 6.45) is 0.899. The van der Waals surface area contributed by atoms with Crippen LogP contribution in [0, 0.1) is 13.8 Å². The van der Waals surface area contributed by atoms with Gasteiger partial charge in [0.1, 0.15) is 16.9 Å². The standard InChI is InChI=1S/C15H17ClO/c1-4-12-7-8-14(17-12)15(16)13-9-10(2)5-6-11(13)3/h5-9,15H,4H2,1-3H3. The maximum atomic E-state index is 6.49. The minimum absolute atomic E-state index is 0.199. The molecule has 0 saturated heterocycles. The van der Waals surface area contributed by atoms with E-state index in [9.17, 15) is 0 Å². The zero-order chi connectivity index (χ0) is 12.4. The van der Waals surface area contributed by atoms with Crippen molar-refractivity contribution in [2.75, 3.05) is 0 Å². The van der Waals surface area contributed by atoms with Gasteiger partial charge in [-0.05, 0) is 37.1 Å². The van der Waals surface area contributed by atoms with Crippen molar-refractivity contribution in [2.45, 2.75) is 32.6 Å². The van der Waals surface area contributed by atoms with Crippen molar-refractivity contribution in [3.63, 3.8) is 0 Å². The Morgan fingerprint density at radius 3 is 2.59 bits per heavy atom. The van der Waals surface area contributed by atoms with Crippen molar-refractivity contribution in [1.82, 2.24) is 0 Å². The van der Waals surface area contributed by atoms with Crippen LogP contribution >= 0.6 is 11.6 Å². The first kappa shape index (κ1) is 12.3. The molecule has 1 aromatic carbocycles. The van der Waals surface area contributed by atoms with Gasteiger partial charge in [0.05, 0.1) is 0 Å². The van der Waals surface area contributed by atoms with E-state index in [0.29, 0.717) is 0 Å². The second kappa shape index (κ2) is 4.97. The van der Waals surface area contributed by atoms with Gasteiger partial charge in [-0.25, -0.2) is 0 Å². The summed E-state index contributed by atoms with van der Waals surface area (Å²) in [6, 6.07) is 10.3. The van der Waals surface area contributed by atoms with Crippen molar-refractivity contribution in [3.05, 3.63) is 58.5 Å². The van der Waals surface area contributed by atoms with Gasteiger partial charge in [0, 0.05) is 6.42 Å². The molecule has 0 aliphatic rings. The molecule has 0 bridgehead atoms. The third kappa shape index (κ3) is 2.55. The molecule has 0 aliphatic carbocycles. The van der Waals surface area contributed by atoms with Crippen LogP contribution in [-0.2, 0) is 6.42 Å². The molecule has 1 heterocycles. The largest absolute Gasteiger partial charge is 0.464 e. The summed E-state index contributed by atoms with van der Waals surface area (Å²) in [5, 5.41) is -0.199. The van der Waals surface area contributed by atoms with Crippen molar-refractivity contribution in [3.8, 4) is 0 Å². The third-order valence-corrected chi connectivity index (χ3v) is 3.44. The lowest BCUT2D eigenvalue weighted by atomic mass is 10.0. The van der Waals surface area contributed by atoms with Gasteiger partial charge in [-0.3, -0.25) is 0 Å². The summed E-state index contributed by atoms with van der Waals surface area (Å²) in [5.74, 6) is 1.81. The van der Waals surface area contributed by atoms with Crippen molar-refractivity contribution in [2.24, 2.45) is 0 Å². The Hall–Kier alpha value is -1.21. The van der Waals surface area contributed by atoms with Gasteiger partial charge in [-0.2, -0.15) is 0 Å². The number of halogens is 1. The molecule has 0 N–H and O–H groups in total.